The molecule has 0 atom stereocenters. The Morgan fingerprint density at radius 1 is 1.32 bits per heavy atom. The van der Waals surface area contributed by atoms with Crippen molar-refractivity contribution in [2.75, 3.05) is 7.11 Å². The number of hydrogen-bond acceptors (Lipinski definition) is 2. The molecule has 0 aliphatic carbocycles. The van der Waals surface area contributed by atoms with Crippen LogP contribution in [0, 0.1) is 0 Å². The van der Waals surface area contributed by atoms with Crippen molar-refractivity contribution in [3.05, 3.63) is 27.7 Å². The van der Waals surface area contributed by atoms with Gasteiger partial charge in [-0.2, -0.15) is 0 Å². The van der Waals surface area contributed by atoms with Gasteiger partial charge in [-0.3, -0.25) is 4.79 Å². The molecule has 19 heavy (non-hydrogen) atoms. The number of carbonyl (C=O) groups is 1. The predicted octanol–water partition coefficient (Wildman–Crippen LogP) is 3.88. The van der Waals surface area contributed by atoms with Gasteiger partial charge in [0.05, 0.1) is 11.6 Å². The lowest BCUT2D eigenvalue weighted by atomic mass is 10.1. The van der Waals surface area contributed by atoms with Crippen LogP contribution in [0.15, 0.2) is 16.6 Å². The average Bonchev–Trinajstić information content (AvgIpc) is 2.80. The molecule has 0 aromatic heterocycles. The summed E-state index contributed by atoms with van der Waals surface area (Å²) in [6, 6.07) is 4.09. The molecule has 1 aromatic carbocycles. The van der Waals surface area contributed by atoms with Crippen LogP contribution in [0.2, 0.25) is 0 Å². The van der Waals surface area contributed by atoms with Gasteiger partial charge in [-0.15, -0.1) is 0 Å². The third kappa shape index (κ3) is 3.30. The zero-order chi connectivity index (χ0) is 13.8. The van der Waals surface area contributed by atoms with Crippen LogP contribution in [-0.4, -0.2) is 17.9 Å². The fourth-order valence-electron chi connectivity index (χ4n) is 2.42. The summed E-state index contributed by atoms with van der Waals surface area (Å²) in [5.74, 6) is 1.10. The summed E-state index contributed by atoms with van der Waals surface area (Å²) in [6.45, 7) is 3.59. The minimum atomic E-state index is 0.264. The van der Waals surface area contributed by atoms with Gasteiger partial charge in [0.2, 0.25) is 5.91 Å². The molecule has 4 heteroatoms. The van der Waals surface area contributed by atoms with Crippen LogP contribution in [0.3, 0.4) is 0 Å². The SMILES string of the molecule is CCCCCC(=O)N1Cc2cc(Br)c(OC)cc2C1. The van der Waals surface area contributed by atoms with Crippen molar-refractivity contribution in [1.82, 2.24) is 4.90 Å². The van der Waals surface area contributed by atoms with E-state index in [1.807, 2.05) is 11.0 Å². The lowest BCUT2D eigenvalue weighted by molar-refractivity contribution is -0.131. The summed E-state index contributed by atoms with van der Waals surface area (Å²) in [5, 5.41) is 0. The molecule has 0 fully saturated rings. The second kappa shape index (κ2) is 6.42. The van der Waals surface area contributed by atoms with Crippen molar-refractivity contribution in [2.24, 2.45) is 0 Å². The molecule has 0 N–H and O–H groups in total. The first-order valence-electron chi connectivity index (χ1n) is 6.78. The molecule has 0 unspecified atom stereocenters. The summed E-state index contributed by atoms with van der Waals surface area (Å²) < 4.78 is 6.25. The number of benzene rings is 1. The van der Waals surface area contributed by atoms with E-state index in [1.54, 1.807) is 7.11 Å². The predicted molar refractivity (Wildman–Crippen MR) is 79.1 cm³/mol. The van der Waals surface area contributed by atoms with E-state index in [-0.39, 0.29) is 5.91 Å². The van der Waals surface area contributed by atoms with Crippen molar-refractivity contribution >= 4 is 21.8 Å². The summed E-state index contributed by atoms with van der Waals surface area (Å²) >= 11 is 3.49. The van der Waals surface area contributed by atoms with E-state index < -0.39 is 0 Å². The number of unbranched alkanes of at least 4 members (excludes halogenated alkanes) is 2. The van der Waals surface area contributed by atoms with E-state index in [0.29, 0.717) is 13.0 Å². The molecule has 0 saturated heterocycles. The number of nitrogens with zero attached hydrogens (tertiary/aromatic N) is 1. The molecule has 1 heterocycles. The Hall–Kier alpha value is -1.03. The van der Waals surface area contributed by atoms with Crippen molar-refractivity contribution < 1.29 is 9.53 Å². The zero-order valence-corrected chi connectivity index (χ0v) is 13.1. The Balaban J connectivity index is 2.01. The van der Waals surface area contributed by atoms with E-state index in [0.717, 1.165) is 36.0 Å². The molecule has 1 aromatic rings. The van der Waals surface area contributed by atoms with Crippen molar-refractivity contribution in [2.45, 2.75) is 45.7 Å². The van der Waals surface area contributed by atoms with Crippen LogP contribution in [0.4, 0.5) is 0 Å². The van der Waals surface area contributed by atoms with E-state index in [2.05, 4.69) is 28.9 Å². The number of carbonyl (C=O) groups excluding carboxylic acids is 1. The van der Waals surface area contributed by atoms with Gasteiger partial charge < -0.3 is 9.64 Å². The number of hydrogen-bond donors (Lipinski definition) is 0. The number of methoxy groups -OCH3 is 1. The van der Waals surface area contributed by atoms with Crippen LogP contribution in [0.1, 0.15) is 43.7 Å². The third-order valence-corrected chi connectivity index (χ3v) is 4.16. The van der Waals surface area contributed by atoms with Gasteiger partial charge in [-0.25, -0.2) is 0 Å². The molecule has 3 nitrogen and oxygen atoms in total. The average molecular weight is 326 g/mol. The van der Waals surface area contributed by atoms with Crippen LogP contribution >= 0.6 is 15.9 Å². The van der Waals surface area contributed by atoms with E-state index in [1.165, 1.54) is 11.1 Å². The number of halogens is 1. The van der Waals surface area contributed by atoms with Crippen molar-refractivity contribution in [3.8, 4) is 5.75 Å². The largest absolute Gasteiger partial charge is 0.496 e. The maximum atomic E-state index is 12.1. The standard InChI is InChI=1S/C15H20BrNO2/c1-3-4-5-6-15(18)17-9-11-7-13(16)14(19-2)8-12(11)10-17/h7-8H,3-6,9-10H2,1-2H3. The van der Waals surface area contributed by atoms with Crippen LogP contribution < -0.4 is 4.74 Å². The zero-order valence-electron chi connectivity index (χ0n) is 11.5. The van der Waals surface area contributed by atoms with E-state index >= 15 is 0 Å². The van der Waals surface area contributed by atoms with Gasteiger partial charge in [0.1, 0.15) is 5.75 Å². The third-order valence-electron chi connectivity index (χ3n) is 3.54. The lowest BCUT2D eigenvalue weighted by Gasteiger charge is -2.14. The number of rotatable bonds is 5. The van der Waals surface area contributed by atoms with Gasteiger partial charge in [0.15, 0.2) is 0 Å². The maximum Gasteiger partial charge on any atom is 0.223 e. The van der Waals surface area contributed by atoms with Crippen LogP contribution in [0.25, 0.3) is 0 Å². The quantitative estimate of drug-likeness (QED) is 0.769. The summed E-state index contributed by atoms with van der Waals surface area (Å²) in [4.78, 5) is 14.0. The van der Waals surface area contributed by atoms with E-state index in [4.69, 9.17) is 4.74 Å². The molecular formula is C15H20BrNO2. The highest BCUT2D eigenvalue weighted by Gasteiger charge is 2.24. The minimum Gasteiger partial charge on any atom is -0.496 e. The number of ether oxygens (including phenoxy) is 1. The molecule has 0 bridgehead atoms. The monoisotopic (exact) mass is 325 g/mol. The Morgan fingerprint density at radius 2 is 2.00 bits per heavy atom. The molecule has 2 rings (SSSR count). The Labute approximate surface area is 123 Å². The fourth-order valence-corrected chi connectivity index (χ4v) is 2.97. The van der Waals surface area contributed by atoms with Crippen molar-refractivity contribution in [1.29, 1.82) is 0 Å². The van der Waals surface area contributed by atoms with Gasteiger partial charge in [0.25, 0.3) is 0 Å². The fraction of sp³-hybridized carbons (Fsp3) is 0.533. The molecule has 1 aliphatic heterocycles. The normalized spacial score (nSPS) is 13.5. The Morgan fingerprint density at radius 3 is 2.63 bits per heavy atom. The summed E-state index contributed by atoms with van der Waals surface area (Å²) in [6.07, 6.45) is 3.94. The first kappa shape index (κ1) is 14.4. The van der Waals surface area contributed by atoms with E-state index in [9.17, 15) is 4.79 Å². The Bertz CT molecular complexity index is 473. The highest BCUT2D eigenvalue weighted by atomic mass is 79.9. The summed E-state index contributed by atoms with van der Waals surface area (Å²) in [5.41, 5.74) is 2.42. The van der Waals surface area contributed by atoms with Crippen LogP contribution in [-0.2, 0) is 17.9 Å². The highest BCUT2D eigenvalue weighted by Crippen LogP contribution is 2.33. The molecule has 1 amide bonds. The lowest BCUT2D eigenvalue weighted by Crippen LogP contribution is -2.24. The second-order valence-electron chi connectivity index (χ2n) is 4.96. The van der Waals surface area contributed by atoms with Gasteiger partial charge in [0, 0.05) is 19.5 Å². The van der Waals surface area contributed by atoms with Gasteiger partial charge >= 0.3 is 0 Å². The maximum absolute atomic E-state index is 12.1. The van der Waals surface area contributed by atoms with Gasteiger partial charge in [-0.1, -0.05) is 19.8 Å². The molecule has 0 spiro atoms. The molecule has 0 saturated carbocycles. The minimum absolute atomic E-state index is 0.264. The molecule has 1 aliphatic rings. The smallest absolute Gasteiger partial charge is 0.223 e. The Kier molecular flexibility index (Phi) is 4.86. The van der Waals surface area contributed by atoms with Crippen LogP contribution in [0.5, 0.6) is 5.75 Å². The number of fused-ring (bicyclic) bond motifs is 1. The summed E-state index contributed by atoms with van der Waals surface area (Å²) in [7, 11) is 1.66. The second-order valence-corrected chi connectivity index (χ2v) is 5.82. The first-order valence-corrected chi connectivity index (χ1v) is 7.58. The molecular weight excluding hydrogens is 306 g/mol. The molecule has 0 radical (unpaired) electrons. The highest BCUT2D eigenvalue weighted by molar-refractivity contribution is 9.10. The number of amides is 1. The molecule has 104 valence electrons. The van der Waals surface area contributed by atoms with Crippen molar-refractivity contribution in [3.63, 3.8) is 0 Å². The van der Waals surface area contributed by atoms with Gasteiger partial charge in [-0.05, 0) is 45.6 Å². The topological polar surface area (TPSA) is 29.5 Å². The first-order chi connectivity index (χ1) is 9.15.